The van der Waals surface area contributed by atoms with Crippen molar-refractivity contribution in [3.8, 4) is 0 Å². The normalized spacial score (nSPS) is 42.0. The first-order valence-electron chi connectivity index (χ1n) is 5.60. The summed E-state index contributed by atoms with van der Waals surface area (Å²) in [5.74, 6) is 5.83. The summed E-state index contributed by atoms with van der Waals surface area (Å²) < 4.78 is 2.18. The summed E-state index contributed by atoms with van der Waals surface area (Å²) in [5, 5.41) is 5.27. The fourth-order valence-electron chi connectivity index (χ4n) is 1.44. The second-order valence-electron chi connectivity index (χ2n) is 4.11. The van der Waals surface area contributed by atoms with Crippen LogP contribution in [-0.4, -0.2) is 71.7 Å². The topological polar surface area (TPSA) is 0 Å². The quantitative estimate of drug-likeness (QED) is 0.477. The van der Waals surface area contributed by atoms with Gasteiger partial charge in [0.05, 0.1) is 0 Å². The van der Waals surface area contributed by atoms with Crippen molar-refractivity contribution >= 4 is 77.0 Å². The van der Waals surface area contributed by atoms with Gasteiger partial charge in [-0.15, -0.1) is 0 Å². The van der Waals surface area contributed by atoms with Crippen LogP contribution < -0.4 is 0 Å². The van der Waals surface area contributed by atoms with Gasteiger partial charge in [0, 0.05) is 0 Å². The summed E-state index contributed by atoms with van der Waals surface area (Å²) in [5.41, 5.74) is 0. The van der Waals surface area contributed by atoms with Crippen LogP contribution in [0.4, 0.5) is 0 Å². The average molecular weight is 422 g/mol. The Morgan fingerprint density at radius 2 is 1.44 bits per heavy atom. The van der Waals surface area contributed by atoms with Crippen LogP contribution in [-0.2, 0) is 0 Å². The zero-order chi connectivity index (χ0) is 10.8. The summed E-state index contributed by atoms with van der Waals surface area (Å²) in [6.07, 6.45) is 0. The van der Waals surface area contributed by atoms with Gasteiger partial charge >= 0.3 is 129 Å². The Hall–Kier alpha value is 2.44. The zero-order valence-electron chi connectivity index (χ0n) is 9.00. The number of hydrogen-bond acceptors (Lipinski definition) is 4. The molecule has 92 valence electrons. The summed E-state index contributed by atoms with van der Waals surface area (Å²) in [4.78, 5) is 0. The van der Waals surface area contributed by atoms with Gasteiger partial charge in [-0.25, -0.2) is 0 Å². The molecule has 0 bridgehead atoms. The SMILES string of the molecule is C1SC1CSC1C[Se]CC(SCC2CS2)[Se]1. The Labute approximate surface area is 128 Å². The molecule has 3 heterocycles. The van der Waals surface area contributed by atoms with Crippen LogP contribution in [0.5, 0.6) is 0 Å². The van der Waals surface area contributed by atoms with Gasteiger partial charge in [0.1, 0.15) is 0 Å². The Morgan fingerprint density at radius 3 is 1.88 bits per heavy atom. The Morgan fingerprint density at radius 1 is 0.938 bits per heavy atom. The molecule has 0 aliphatic carbocycles. The van der Waals surface area contributed by atoms with E-state index in [0.29, 0.717) is 0 Å². The van der Waals surface area contributed by atoms with E-state index in [-0.39, 0.29) is 0 Å². The molecule has 0 aromatic rings. The zero-order valence-corrected chi connectivity index (χ0v) is 15.7. The van der Waals surface area contributed by atoms with Crippen LogP contribution in [0.1, 0.15) is 0 Å². The van der Waals surface area contributed by atoms with E-state index >= 15 is 0 Å². The van der Waals surface area contributed by atoms with Crippen molar-refractivity contribution in [3.63, 3.8) is 0 Å². The molecule has 3 aliphatic heterocycles. The minimum absolute atomic E-state index is 0.939. The van der Waals surface area contributed by atoms with Crippen molar-refractivity contribution < 1.29 is 0 Å². The van der Waals surface area contributed by atoms with E-state index in [4.69, 9.17) is 0 Å². The molecule has 3 fully saturated rings. The second kappa shape index (κ2) is 6.74. The molecule has 0 saturated carbocycles. The summed E-state index contributed by atoms with van der Waals surface area (Å²) >= 11 is 10.9. The average Bonchev–Trinajstić information content (AvgIpc) is 3.17. The van der Waals surface area contributed by atoms with Gasteiger partial charge in [0.15, 0.2) is 0 Å². The predicted octanol–water partition coefficient (Wildman–Crippen LogP) is 2.59. The molecule has 0 amide bonds. The first-order chi connectivity index (χ1) is 7.90. The van der Waals surface area contributed by atoms with E-state index in [1.54, 1.807) is 10.6 Å². The van der Waals surface area contributed by atoms with Gasteiger partial charge in [-0.2, -0.15) is 0 Å². The van der Waals surface area contributed by atoms with Crippen LogP contribution in [0.25, 0.3) is 0 Å². The molecular formula is C10H16S4Se2. The third kappa shape index (κ3) is 4.84. The summed E-state index contributed by atoms with van der Waals surface area (Å²) in [6.45, 7) is 0. The van der Waals surface area contributed by atoms with Crippen molar-refractivity contribution in [2.24, 2.45) is 0 Å². The molecule has 0 nitrogen and oxygen atoms in total. The van der Waals surface area contributed by atoms with Crippen LogP contribution in [0.3, 0.4) is 0 Å². The molecule has 0 aromatic carbocycles. The monoisotopic (exact) mass is 424 g/mol. The van der Waals surface area contributed by atoms with E-state index in [1.807, 2.05) is 0 Å². The van der Waals surface area contributed by atoms with Gasteiger partial charge in [-0.05, 0) is 0 Å². The van der Waals surface area contributed by atoms with Gasteiger partial charge < -0.3 is 0 Å². The molecule has 6 heteroatoms. The molecule has 0 aromatic heterocycles. The van der Waals surface area contributed by atoms with Crippen LogP contribution in [0, 0.1) is 0 Å². The standard InChI is InChI=1S/C10H16S4Se2/c1-7(11-1)3-13-9-5-15-6-10(16-9)14-4-8-2-12-8/h7-10H,1-6H2. The first-order valence-corrected chi connectivity index (χ1v) is 14.2. The molecular weight excluding hydrogens is 406 g/mol. The molecule has 0 spiro atoms. The van der Waals surface area contributed by atoms with E-state index in [0.717, 1.165) is 48.7 Å². The molecule has 16 heavy (non-hydrogen) atoms. The van der Waals surface area contributed by atoms with Crippen molar-refractivity contribution in [3.05, 3.63) is 0 Å². The minimum atomic E-state index is 0.939. The summed E-state index contributed by atoms with van der Waals surface area (Å²) in [6, 6.07) is 0. The van der Waals surface area contributed by atoms with Crippen molar-refractivity contribution in [2.45, 2.75) is 29.4 Å². The fraction of sp³-hybridized carbons (Fsp3) is 1.00. The van der Waals surface area contributed by atoms with Crippen LogP contribution in [0.2, 0.25) is 10.6 Å². The molecule has 3 saturated heterocycles. The Balaban J connectivity index is 1.34. The van der Waals surface area contributed by atoms with E-state index in [1.165, 1.54) is 23.0 Å². The number of rotatable bonds is 6. The predicted molar refractivity (Wildman–Crippen MR) is 86.1 cm³/mol. The van der Waals surface area contributed by atoms with E-state index in [2.05, 4.69) is 47.0 Å². The fourth-order valence-corrected chi connectivity index (χ4v) is 16.8. The van der Waals surface area contributed by atoms with Gasteiger partial charge in [0.2, 0.25) is 0 Å². The maximum absolute atomic E-state index is 2.33. The maximum atomic E-state index is 2.33. The van der Waals surface area contributed by atoms with Crippen molar-refractivity contribution in [2.75, 3.05) is 23.0 Å². The number of thioether (sulfide) groups is 4. The van der Waals surface area contributed by atoms with Crippen molar-refractivity contribution in [1.29, 1.82) is 0 Å². The van der Waals surface area contributed by atoms with Gasteiger partial charge in [0.25, 0.3) is 0 Å². The number of hydrogen-bond donors (Lipinski definition) is 0. The molecule has 3 aliphatic rings. The first kappa shape index (κ1) is 13.4. The van der Waals surface area contributed by atoms with E-state index in [9.17, 15) is 0 Å². The third-order valence-corrected chi connectivity index (χ3v) is 17.5. The van der Waals surface area contributed by atoms with Gasteiger partial charge in [-0.3, -0.25) is 0 Å². The van der Waals surface area contributed by atoms with Crippen LogP contribution in [0.15, 0.2) is 0 Å². The van der Waals surface area contributed by atoms with Gasteiger partial charge in [-0.1, -0.05) is 0 Å². The summed E-state index contributed by atoms with van der Waals surface area (Å²) in [7, 11) is 0. The molecule has 0 radical (unpaired) electrons. The molecule has 4 unspecified atom stereocenters. The van der Waals surface area contributed by atoms with Crippen molar-refractivity contribution in [1.82, 2.24) is 0 Å². The molecule has 4 atom stereocenters. The second-order valence-corrected chi connectivity index (χ2v) is 15.8. The van der Waals surface area contributed by atoms with E-state index < -0.39 is 0 Å². The molecule has 0 N–H and O–H groups in total. The van der Waals surface area contributed by atoms with Crippen LogP contribution >= 0.6 is 47.0 Å². The third-order valence-electron chi connectivity index (χ3n) is 2.55. The Bertz CT molecular complexity index is 211. The molecule has 3 rings (SSSR count). The Kier molecular flexibility index (Phi) is 5.66.